The Morgan fingerprint density at radius 3 is 2.35 bits per heavy atom. The Bertz CT molecular complexity index is 461. The molecule has 0 aliphatic carbocycles. The number of carbonyl (C=O) groups is 1. The molecule has 0 amide bonds. The molecule has 130 valence electrons. The van der Waals surface area contributed by atoms with E-state index in [1.165, 1.54) is 13.8 Å². The predicted octanol–water partition coefficient (Wildman–Crippen LogP) is 2.33. The van der Waals surface area contributed by atoms with Crippen LogP contribution in [-0.2, 0) is 16.1 Å². The van der Waals surface area contributed by atoms with E-state index in [2.05, 4.69) is 6.92 Å². The predicted molar refractivity (Wildman–Crippen MR) is 88.5 cm³/mol. The highest BCUT2D eigenvalue weighted by Gasteiger charge is 2.24. The number of hydrogen-bond donors (Lipinski definition) is 2. The normalized spacial score (nSPS) is 13.1. The third-order valence-corrected chi connectivity index (χ3v) is 3.30. The fourth-order valence-electron chi connectivity index (χ4n) is 1.93. The molecule has 1 atom stereocenters. The van der Waals surface area contributed by atoms with E-state index in [4.69, 9.17) is 9.47 Å². The molecule has 23 heavy (non-hydrogen) atoms. The molecule has 0 spiro atoms. The summed E-state index contributed by atoms with van der Waals surface area (Å²) in [7, 11) is 0. The summed E-state index contributed by atoms with van der Waals surface area (Å²) < 4.78 is 10.8. The molecule has 0 heterocycles. The van der Waals surface area contributed by atoms with E-state index in [1.807, 2.05) is 0 Å². The van der Waals surface area contributed by atoms with Gasteiger partial charge in [0.1, 0.15) is 11.7 Å². The van der Waals surface area contributed by atoms with Crippen LogP contribution >= 0.6 is 0 Å². The first kappa shape index (κ1) is 19.8. The van der Waals surface area contributed by atoms with Gasteiger partial charge in [0.05, 0.1) is 19.8 Å². The zero-order chi connectivity index (χ0) is 17.3. The van der Waals surface area contributed by atoms with E-state index in [-0.39, 0.29) is 19.0 Å². The molecule has 5 nitrogen and oxygen atoms in total. The zero-order valence-electron chi connectivity index (χ0n) is 14.2. The highest BCUT2D eigenvalue weighted by Crippen LogP contribution is 2.14. The van der Waals surface area contributed by atoms with Crippen molar-refractivity contribution in [3.05, 3.63) is 35.4 Å². The topological polar surface area (TPSA) is 76.0 Å². The lowest BCUT2D eigenvalue weighted by atomic mass is 9.96. The molecular formula is C18H28O5. The molecule has 1 unspecified atom stereocenters. The van der Waals surface area contributed by atoms with Gasteiger partial charge in [-0.2, -0.15) is 0 Å². The molecule has 0 saturated heterocycles. The zero-order valence-corrected chi connectivity index (χ0v) is 14.2. The second kappa shape index (κ2) is 9.78. The van der Waals surface area contributed by atoms with Crippen LogP contribution in [0.3, 0.4) is 0 Å². The van der Waals surface area contributed by atoms with Crippen LogP contribution in [0.5, 0.6) is 0 Å². The van der Waals surface area contributed by atoms with Gasteiger partial charge in [-0.25, -0.2) is 0 Å². The number of carbonyl (C=O) groups excluding carboxylic acids is 1. The number of hydrogen-bond acceptors (Lipinski definition) is 5. The maximum absolute atomic E-state index is 11.9. The number of aliphatic hydroxyl groups excluding tert-OH is 1. The van der Waals surface area contributed by atoms with Crippen LogP contribution in [0.1, 0.15) is 49.5 Å². The van der Waals surface area contributed by atoms with E-state index >= 15 is 0 Å². The molecule has 0 aliphatic rings. The molecule has 1 aromatic carbocycles. The van der Waals surface area contributed by atoms with E-state index < -0.39 is 11.7 Å². The molecule has 0 aromatic heterocycles. The monoisotopic (exact) mass is 324 g/mol. The van der Waals surface area contributed by atoms with Crippen molar-refractivity contribution in [1.29, 1.82) is 0 Å². The van der Waals surface area contributed by atoms with Crippen LogP contribution in [0.15, 0.2) is 24.3 Å². The van der Waals surface area contributed by atoms with Crippen molar-refractivity contribution >= 4 is 5.78 Å². The fraction of sp³-hybridized carbons (Fsp3) is 0.611. The number of ketones is 1. The van der Waals surface area contributed by atoms with Gasteiger partial charge in [0.15, 0.2) is 5.78 Å². The van der Waals surface area contributed by atoms with Crippen molar-refractivity contribution < 1.29 is 24.5 Å². The molecule has 0 saturated carbocycles. The first-order valence-electron chi connectivity index (χ1n) is 8.04. The lowest BCUT2D eigenvalue weighted by molar-refractivity contribution is -0.0237. The summed E-state index contributed by atoms with van der Waals surface area (Å²) in [6, 6.07) is 6.90. The Kier molecular flexibility index (Phi) is 8.41. The van der Waals surface area contributed by atoms with Crippen LogP contribution in [0.2, 0.25) is 0 Å². The summed E-state index contributed by atoms with van der Waals surface area (Å²) in [4.78, 5) is 11.9. The average molecular weight is 324 g/mol. The lowest BCUT2D eigenvalue weighted by Crippen LogP contribution is -2.31. The highest BCUT2D eigenvalue weighted by atomic mass is 16.5. The Hall–Kier alpha value is -1.27. The van der Waals surface area contributed by atoms with Crippen molar-refractivity contribution in [2.24, 2.45) is 0 Å². The van der Waals surface area contributed by atoms with Crippen molar-refractivity contribution in [1.82, 2.24) is 0 Å². The summed E-state index contributed by atoms with van der Waals surface area (Å²) >= 11 is 0. The standard InChI is InChI=1S/C18H28O5/c1-4-5-10-22-12-16(19)13-23-11-14-6-8-15(9-7-14)17(20)18(2,3)21/h6-9,16,19,21H,4-5,10-13H2,1-3H3. The number of benzene rings is 1. The van der Waals surface area contributed by atoms with Gasteiger partial charge >= 0.3 is 0 Å². The summed E-state index contributed by atoms with van der Waals surface area (Å²) in [6.07, 6.45) is 1.42. The second-order valence-electron chi connectivity index (χ2n) is 6.18. The first-order chi connectivity index (χ1) is 10.8. The van der Waals surface area contributed by atoms with Crippen LogP contribution < -0.4 is 0 Å². The Balaban J connectivity index is 2.32. The number of rotatable bonds is 11. The van der Waals surface area contributed by atoms with Crippen LogP contribution in [0.25, 0.3) is 0 Å². The molecule has 0 aliphatic heterocycles. The number of ether oxygens (including phenoxy) is 2. The third kappa shape index (κ3) is 7.70. The van der Waals surface area contributed by atoms with Gasteiger partial charge in [-0.15, -0.1) is 0 Å². The van der Waals surface area contributed by atoms with Crippen molar-refractivity contribution in [2.75, 3.05) is 19.8 Å². The van der Waals surface area contributed by atoms with Crippen molar-refractivity contribution in [2.45, 2.75) is 51.9 Å². The Labute approximate surface area is 138 Å². The third-order valence-electron chi connectivity index (χ3n) is 3.30. The number of aliphatic hydroxyl groups is 2. The fourth-order valence-corrected chi connectivity index (χ4v) is 1.93. The minimum Gasteiger partial charge on any atom is -0.388 e. The van der Waals surface area contributed by atoms with Gasteiger partial charge in [-0.1, -0.05) is 37.6 Å². The maximum Gasteiger partial charge on any atom is 0.193 e. The number of unbranched alkanes of at least 4 members (excludes halogenated alkanes) is 1. The van der Waals surface area contributed by atoms with Crippen LogP contribution in [-0.4, -0.2) is 47.5 Å². The molecule has 5 heteroatoms. The first-order valence-corrected chi connectivity index (χ1v) is 8.04. The van der Waals surface area contributed by atoms with Crippen LogP contribution in [0.4, 0.5) is 0 Å². The van der Waals surface area contributed by atoms with E-state index in [9.17, 15) is 15.0 Å². The molecule has 2 N–H and O–H groups in total. The summed E-state index contributed by atoms with van der Waals surface area (Å²) in [5, 5.41) is 19.4. The smallest absolute Gasteiger partial charge is 0.193 e. The van der Waals surface area contributed by atoms with Crippen LogP contribution in [0, 0.1) is 0 Å². The van der Waals surface area contributed by atoms with E-state index in [1.54, 1.807) is 24.3 Å². The number of Topliss-reactive ketones (excluding diaryl/α,β-unsaturated/α-hetero) is 1. The second-order valence-corrected chi connectivity index (χ2v) is 6.18. The Morgan fingerprint density at radius 1 is 1.17 bits per heavy atom. The van der Waals surface area contributed by atoms with Gasteiger partial charge in [0.2, 0.25) is 0 Å². The van der Waals surface area contributed by atoms with Gasteiger partial charge in [-0.3, -0.25) is 4.79 Å². The van der Waals surface area contributed by atoms with Gasteiger partial charge in [0, 0.05) is 12.2 Å². The van der Waals surface area contributed by atoms with E-state index in [0.29, 0.717) is 18.8 Å². The molecule has 0 fully saturated rings. The minimum absolute atomic E-state index is 0.205. The van der Waals surface area contributed by atoms with Gasteiger partial charge in [0.25, 0.3) is 0 Å². The minimum atomic E-state index is -1.38. The summed E-state index contributed by atoms with van der Waals surface area (Å²) in [5.74, 6) is -0.315. The Morgan fingerprint density at radius 2 is 1.78 bits per heavy atom. The molecular weight excluding hydrogens is 296 g/mol. The molecule has 0 bridgehead atoms. The van der Waals surface area contributed by atoms with Crippen molar-refractivity contribution in [3.8, 4) is 0 Å². The largest absolute Gasteiger partial charge is 0.388 e. The molecule has 0 radical (unpaired) electrons. The van der Waals surface area contributed by atoms with Gasteiger partial charge < -0.3 is 19.7 Å². The highest BCUT2D eigenvalue weighted by molar-refractivity contribution is 6.01. The summed E-state index contributed by atoms with van der Waals surface area (Å²) in [6.45, 7) is 6.51. The lowest BCUT2D eigenvalue weighted by Gasteiger charge is -2.15. The average Bonchev–Trinajstić information content (AvgIpc) is 2.51. The molecule has 1 rings (SSSR count). The van der Waals surface area contributed by atoms with Crippen molar-refractivity contribution in [3.63, 3.8) is 0 Å². The van der Waals surface area contributed by atoms with E-state index in [0.717, 1.165) is 18.4 Å². The van der Waals surface area contributed by atoms with Gasteiger partial charge in [-0.05, 0) is 25.8 Å². The molecule has 1 aromatic rings. The maximum atomic E-state index is 11.9. The summed E-state index contributed by atoms with van der Waals surface area (Å²) in [5.41, 5.74) is -0.0121. The SMILES string of the molecule is CCCCOCC(O)COCc1ccc(C(=O)C(C)(C)O)cc1. The quantitative estimate of drug-likeness (QED) is 0.483.